The first kappa shape index (κ1) is 18.9. The van der Waals surface area contributed by atoms with Gasteiger partial charge in [-0.05, 0) is 25.0 Å². The molecule has 0 aliphatic carbocycles. The third-order valence-electron chi connectivity index (χ3n) is 3.18. The van der Waals surface area contributed by atoms with Crippen molar-refractivity contribution in [3.63, 3.8) is 0 Å². The smallest absolute Gasteiger partial charge is 0.379 e. The predicted molar refractivity (Wildman–Crippen MR) is 88.4 cm³/mol. The number of hydrogen-bond donors (Lipinski definition) is 0. The first-order valence-electron chi connectivity index (χ1n) is 7.74. The monoisotopic (exact) mass is 330 g/mol. The fourth-order valence-corrected chi connectivity index (χ4v) is 3.72. The van der Waals surface area contributed by atoms with Gasteiger partial charge in [0.15, 0.2) is 11.5 Å². The Balaban J connectivity index is 2.99. The van der Waals surface area contributed by atoms with E-state index < -0.39 is 7.60 Å². The molecular formula is C16H27O5P. The lowest BCUT2D eigenvalue weighted by molar-refractivity contribution is 0.252. The number of methoxy groups -OCH3 is 2. The van der Waals surface area contributed by atoms with Crippen molar-refractivity contribution in [1.82, 2.24) is 0 Å². The topological polar surface area (TPSA) is 54.0 Å². The van der Waals surface area contributed by atoms with E-state index >= 15 is 0 Å². The van der Waals surface area contributed by atoms with Crippen LogP contribution in [0.5, 0.6) is 17.2 Å². The highest BCUT2D eigenvalue weighted by Gasteiger charge is 2.28. The van der Waals surface area contributed by atoms with E-state index in [4.69, 9.17) is 18.5 Å². The molecule has 0 fully saturated rings. The first-order chi connectivity index (χ1) is 10.6. The third kappa shape index (κ3) is 5.54. The van der Waals surface area contributed by atoms with Gasteiger partial charge in [-0.25, -0.2) is 4.57 Å². The van der Waals surface area contributed by atoms with Crippen molar-refractivity contribution in [3.05, 3.63) is 18.2 Å². The van der Waals surface area contributed by atoms with Gasteiger partial charge >= 0.3 is 7.60 Å². The molecule has 0 aromatic heterocycles. The summed E-state index contributed by atoms with van der Waals surface area (Å²) in [5.41, 5.74) is 0. The minimum Gasteiger partial charge on any atom is -0.493 e. The Morgan fingerprint density at radius 1 is 1.00 bits per heavy atom. The van der Waals surface area contributed by atoms with E-state index in [2.05, 4.69) is 6.92 Å². The molecule has 1 unspecified atom stereocenters. The quantitative estimate of drug-likeness (QED) is 0.427. The zero-order valence-electron chi connectivity index (χ0n) is 14.0. The maximum absolute atomic E-state index is 13.0. The van der Waals surface area contributed by atoms with Gasteiger partial charge in [0.2, 0.25) is 5.75 Å². The van der Waals surface area contributed by atoms with E-state index in [-0.39, 0.29) is 0 Å². The van der Waals surface area contributed by atoms with Gasteiger partial charge in [0.1, 0.15) is 0 Å². The second-order valence-corrected chi connectivity index (χ2v) is 7.07. The van der Waals surface area contributed by atoms with E-state index in [9.17, 15) is 4.57 Å². The molecule has 1 aromatic carbocycles. The molecule has 6 heteroatoms. The number of benzene rings is 1. The largest absolute Gasteiger partial charge is 0.493 e. The van der Waals surface area contributed by atoms with Gasteiger partial charge in [-0.2, -0.15) is 0 Å². The van der Waals surface area contributed by atoms with Crippen molar-refractivity contribution in [3.8, 4) is 17.2 Å². The Morgan fingerprint density at radius 3 is 2.09 bits per heavy atom. The third-order valence-corrected chi connectivity index (χ3v) is 5.09. The Labute approximate surface area is 133 Å². The highest BCUT2D eigenvalue weighted by molar-refractivity contribution is 7.54. The lowest BCUT2D eigenvalue weighted by Gasteiger charge is -2.21. The van der Waals surface area contributed by atoms with E-state index in [1.807, 2.05) is 6.92 Å². The highest BCUT2D eigenvalue weighted by Crippen LogP contribution is 2.53. The molecule has 0 amide bonds. The van der Waals surface area contributed by atoms with Crippen molar-refractivity contribution < 1.29 is 23.1 Å². The zero-order chi connectivity index (χ0) is 16.4. The van der Waals surface area contributed by atoms with Crippen molar-refractivity contribution in [2.45, 2.75) is 39.5 Å². The van der Waals surface area contributed by atoms with Crippen LogP contribution in [0.4, 0.5) is 0 Å². The Kier molecular flexibility index (Phi) is 8.36. The van der Waals surface area contributed by atoms with E-state index in [0.29, 0.717) is 30.0 Å². The maximum atomic E-state index is 13.0. The molecule has 0 saturated carbocycles. The molecule has 0 aliphatic heterocycles. The number of rotatable bonds is 11. The standard InChI is InChI=1S/C16H27O5P/c1-5-7-12-20-22(17,13-8-6-2)21-16-14(18-3)10-9-11-15(16)19-4/h9-11H,5-8,12-13H2,1-4H3. The SMILES string of the molecule is CCCCOP(=O)(CCCC)Oc1c(OC)cccc1OC. The van der Waals surface area contributed by atoms with Gasteiger partial charge in [-0.1, -0.05) is 32.8 Å². The van der Waals surface area contributed by atoms with Crippen LogP contribution >= 0.6 is 7.60 Å². The molecule has 0 aliphatic rings. The van der Waals surface area contributed by atoms with E-state index in [1.165, 1.54) is 14.2 Å². The Bertz CT molecular complexity index is 467. The van der Waals surface area contributed by atoms with Crippen molar-refractivity contribution >= 4 is 7.60 Å². The number of ether oxygens (including phenoxy) is 2. The van der Waals surface area contributed by atoms with Crippen LogP contribution < -0.4 is 14.0 Å². The minimum atomic E-state index is -3.23. The average Bonchev–Trinajstić information content (AvgIpc) is 2.53. The molecule has 0 heterocycles. The van der Waals surface area contributed by atoms with Crippen LogP contribution in [0.25, 0.3) is 0 Å². The molecule has 0 spiro atoms. The van der Waals surface area contributed by atoms with Crippen molar-refractivity contribution in [1.29, 1.82) is 0 Å². The fraction of sp³-hybridized carbons (Fsp3) is 0.625. The minimum absolute atomic E-state index is 0.337. The van der Waals surface area contributed by atoms with Crippen LogP contribution in [-0.2, 0) is 9.09 Å². The Morgan fingerprint density at radius 2 is 1.59 bits per heavy atom. The van der Waals surface area contributed by atoms with Gasteiger partial charge in [-0.15, -0.1) is 0 Å². The van der Waals surface area contributed by atoms with Crippen molar-refractivity contribution in [2.75, 3.05) is 27.0 Å². The maximum Gasteiger partial charge on any atom is 0.379 e. The molecule has 126 valence electrons. The van der Waals surface area contributed by atoms with Gasteiger partial charge in [0.25, 0.3) is 0 Å². The highest BCUT2D eigenvalue weighted by atomic mass is 31.2. The van der Waals surface area contributed by atoms with Crippen LogP contribution in [-0.4, -0.2) is 27.0 Å². The summed E-state index contributed by atoms with van der Waals surface area (Å²) in [6.45, 7) is 4.53. The molecule has 0 N–H and O–H groups in total. The number of unbranched alkanes of at least 4 members (excludes halogenated alkanes) is 2. The summed E-state index contributed by atoms with van der Waals surface area (Å²) in [6.07, 6.45) is 3.91. The molecule has 5 nitrogen and oxygen atoms in total. The summed E-state index contributed by atoms with van der Waals surface area (Å²) in [6, 6.07) is 5.28. The second-order valence-electron chi connectivity index (χ2n) is 4.96. The fourth-order valence-electron chi connectivity index (χ4n) is 1.88. The molecule has 22 heavy (non-hydrogen) atoms. The molecule has 0 saturated heterocycles. The van der Waals surface area contributed by atoms with Crippen LogP contribution in [0, 0.1) is 0 Å². The van der Waals surface area contributed by atoms with Crippen LogP contribution in [0.1, 0.15) is 39.5 Å². The summed E-state index contributed by atoms with van der Waals surface area (Å²) >= 11 is 0. The summed E-state index contributed by atoms with van der Waals surface area (Å²) in [7, 11) is -0.151. The lowest BCUT2D eigenvalue weighted by atomic mass is 10.3. The molecular weight excluding hydrogens is 303 g/mol. The van der Waals surface area contributed by atoms with Gasteiger partial charge in [-0.3, -0.25) is 4.52 Å². The summed E-state index contributed by atoms with van der Waals surface area (Å²) in [5.74, 6) is 1.30. The number of para-hydroxylation sites is 1. The lowest BCUT2D eigenvalue weighted by Crippen LogP contribution is -2.06. The molecule has 1 atom stereocenters. The van der Waals surface area contributed by atoms with Gasteiger partial charge in [0, 0.05) is 0 Å². The van der Waals surface area contributed by atoms with Crippen LogP contribution in [0.2, 0.25) is 0 Å². The molecule has 1 rings (SSSR count). The predicted octanol–water partition coefficient (Wildman–Crippen LogP) is 4.89. The number of hydrogen-bond acceptors (Lipinski definition) is 5. The normalized spacial score (nSPS) is 13.5. The molecule has 1 aromatic rings. The Hall–Kier alpha value is -1.19. The summed E-state index contributed by atoms with van der Waals surface area (Å²) < 4.78 is 34.9. The molecule has 0 radical (unpaired) electrons. The van der Waals surface area contributed by atoms with Crippen LogP contribution in [0.3, 0.4) is 0 Å². The first-order valence-corrected chi connectivity index (χ1v) is 9.47. The average molecular weight is 330 g/mol. The van der Waals surface area contributed by atoms with Gasteiger partial charge < -0.3 is 14.0 Å². The second kappa shape index (κ2) is 9.75. The molecule has 0 bridgehead atoms. The van der Waals surface area contributed by atoms with Crippen molar-refractivity contribution in [2.24, 2.45) is 0 Å². The summed E-state index contributed by atoms with van der Waals surface area (Å²) in [4.78, 5) is 0. The van der Waals surface area contributed by atoms with Gasteiger partial charge in [0.05, 0.1) is 27.0 Å². The van der Waals surface area contributed by atoms with E-state index in [0.717, 1.165) is 25.7 Å². The van der Waals surface area contributed by atoms with Crippen LogP contribution in [0.15, 0.2) is 18.2 Å². The zero-order valence-corrected chi connectivity index (χ0v) is 14.9. The summed E-state index contributed by atoms with van der Waals surface area (Å²) in [5, 5.41) is 0. The van der Waals surface area contributed by atoms with E-state index in [1.54, 1.807) is 18.2 Å².